The molecule has 0 aliphatic carbocycles. The largest absolute Gasteiger partial charge is 0.344 e. The Kier molecular flexibility index (Phi) is 5.39. The van der Waals surface area contributed by atoms with Crippen LogP contribution in [0.2, 0.25) is 0 Å². The van der Waals surface area contributed by atoms with Gasteiger partial charge in [0.05, 0.1) is 35.3 Å². The van der Waals surface area contributed by atoms with E-state index in [1.54, 1.807) is 42.1 Å². The van der Waals surface area contributed by atoms with Crippen LogP contribution in [0, 0.1) is 11.3 Å². The molecular weight excluding hydrogens is 374 g/mol. The minimum Gasteiger partial charge on any atom is -0.344 e. The standard InChI is InChI=1S/C20H21N5O4/c1-22-15-12-25(9-8-16(26)24(3)29-4)18(14-7-5-6-13(10-14)11-21)17(15)19(27)23(2)20(22)28/h5-7,10,12H,8-9H2,1-4H3. The second-order valence-corrected chi connectivity index (χ2v) is 6.65. The Morgan fingerprint density at radius 2 is 1.97 bits per heavy atom. The summed E-state index contributed by atoms with van der Waals surface area (Å²) >= 11 is 0. The normalized spacial score (nSPS) is 10.9. The van der Waals surface area contributed by atoms with Gasteiger partial charge in [0.1, 0.15) is 0 Å². The monoisotopic (exact) mass is 395 g/mol. The summed E-state index contributed by atoms with van der Waals surface area (Å²) < 4.78 is 4.21. The molecule has 2 aromatic heterocycles. The minimum atomic E-state index is -0.438. The summed E-state index contributed by atoms with van der Waals surface area (Å²) in [5.74, 6) is -0.233. The smallest absolute Gasteiger partial charge is 0.330 e. The minimum absolute atomic E-state index is 0.129. The molecule has 29 heavy (non-hydrogen) atoms. The topological polar surface area (TPSA) is 102 Å². The summed E-state index contributed by atoms with van der Waals surface area (Å²) in [7, 11) is 5.94. The molecule has 0 spiro atoms. The maximum Gasteiger partial charge on any atom is 0.330 e. The van der Waals surface area contributed by atoms with Crippen LogP contribution in [-0.2, 0) is 30.3 Å². The van der Waals surface area contributed by atoms with Crippen LogP contribution in [0.1, 0.15) is 12.0 Å². The van der Waals surface area contributed by atoms with Crippen LogP contribution in [0.15, 0.2) is 40.1 Å². The van der Waals surface area contributed by atoms with E-state index in [0.717, 1.165) is 9.63 Å². The van der Waals surface area contributed by atoms with E-state index in [9.17, 15) is 19.6 Å². The van der Waals surface area contributed by atoms with Crippen LogP contribution in [0.4, 0.5) is 0 Å². The van der Waals surface area contributed by atoms with E-state index in [2.05, 4.69) is 6.07 Å². The van der Waals surface area contributed by atoms with E-state index in [1.165, 1.54) is 25.8 Å². The molecule has 2 heterocycles. The number of fused-ring (bicyclic) bond motifs is 1. The third kappa shape index (κ3) is 3.46. The highest BCUT2D eigenvalue weighted by atomic mass is 16.7. The summed E-state index contributed by atoms with van der Waals surface area (Å²) in [5, 5.41) is 10.7. The van der Waals surface area contributed by atoms with Crippen molar-refractivity contribution in [3.05, 3.63) is 56.9 Å². The average molecular weight is 395 g/mol. The molecule has 9 nitrogen and oxygen atoms in total. The Hall–Kier alpha value is -3.64. The molecule has 0 saturated heterocycles. The third-order valence-corrected chi connectivity index (χ3v) is 4.97. The van der Waals surface area contributed by atoms with Gasteiger partial charge in [-0.3, -0.25) is 23.6 Å². The fourth-order valence-corrected chi connectivity index (χ4v) is 3.29. The summed E-state index contributed by atoms with van der Waals surface area (Å²) in [4.78, 5) is 42.4. The van der Waals surface area contributed by atoms with Crippen molar-refractivity contribution in [2.45, 2.75) is 13.0 Å². The Morgan fingerprint density at radius 3 is 2.62 bits per heavy atom. The van der Waals surface area contributed by atoms with Crippen molar-refractivity contribution in [1.82, 2.24) is 18.8 Å². The van der Waals surface area contributed by atoms with Gasteiger partial charge in [0.15, 0.2) is 0 Å². The second kappa shape index (κ2) is 7.77. The van der Waals surface area contributed by atoms with E-state index in [0.29, 0.717) is 27.7 Å². The fourth-order valence-electron chi connectivity index (χ4n) is 3.29. The molecule has 0 fully saturated rings. The van der Waals surface area contributed by atoms with Gasteiger partial charge in [-0.2, -0.15) is 5.26 Å². The number of hydroxylamine groups is 2. The molecule has 0 unspecified atom stereocenters. The van der Waals surface area contributed by atoms with Crippen molar-refractivity contribution in [2.24, 2.45) is 14.1 Å². The lowest BCUT2D eigenvalue weighted by Crippen LogP contribution is -2.36. The number of hydrogen-bond donors (Lipinski definition) is 0. The second-order valence-electron chi connectivity index (χ2n) is 6.65. The molecule has 9 heteroatoms. The predicted molar refractivity (Wildman–Crippen MR) is 107 cm³/mol. The van der Waals surface area contributed by atoms with Crippen molar-refractivity contribution >= 4 is 16.8 Å². The lowest BCUT2D eigenvalue weighted by Gasteiger charge is -2.15. The first kappa shape index (κ1) is 20.1. The zero-order valence-corrected chi connectivity index (χ0v) is 16.7. The van der Waals surface area contributed by atoms with E-state index < -0.39 is 11.2 Å². The van der Waals surface area contributed by atoms with Gasteiger partial charge < -0.3 is 4.57 Å². The van der Waals surface area contributed by atoms with Gasteiger partial charge in [0.25, 0.3) is 5.56 Å². The van der Waals surface area contributed by atoms with E-state index in [-0.39, 0.29) is 18.9 Å². The average Bonchev–Trinajstić information content (AvgIpc) is 3.13. The van der Waals surface area contributed by atoms with E-state index in [4.69, 9.17) is 4.84 Å². The highest BCUT2D eigenvalue weighted by molar-refractivity contribution is 5.94. The molecule has 1 amide bonds. The number of nitrogens with zero attached hydrogens (tertiary/aromatic N) is 5. The number of carbonyl (C=O) groups is 1. The number of hydrogen-bond acceptors (Lipinski definition) is 5. The maximum absolute atomic E-state index is 12.9. The number of rotatable bonds is 5. The molecule has 0 aliphatic rings. The van der Waals surface area contributed by atoms with E-state index in [1.807, 2.05) is 0 Å². The number of aromatic nitrogens is 3. The number of amides is 1. The van der Waals surface area contributed by atoms with E-state index >= 15 is 0 Å². The Labute approximate surface area is 166 Å². The molecule has 3 rings (SSSR count). The van der Waals surface area contributed by atoms with Crippen molar-refractivity contribution in [3.63, 3.8) is 0 Å². The molecule has 1 aromatic carbocycles. The Balaban J connectivity index is 2.27. The van der Waals surface area contributed by atoms with Crippen LogP contribution in [0.3, 0.4) is 0 Å². The number of benzene rings is 1. The first-order valence-corrected chi connectivity index (χ1v) is 8.90. The van der Waals surface area contributed by atoms with Gasteiger partial charge in [-0.15, -0.1) is 0 Å². The lowest BCUT2D eigenvalue weighted by molar-refractivity contribution is -0.168. The van der Waals surface area contributed by atoms with Crippen molar-refractivity contribution < 1.29 is 9.63 Å². The van der Waals surface area contributed by atoms with Crippen LogP contribution in [0.5, 0.6) is 0 Å². The van der Waals surface area contributed by atoms with Gasteiger partial charge in [0.2, 0.25) is 5.91 Å². The zero-order chi connectivity index (χ0) is 21.3. The fraction of sp³-hybridized carbons (Fsp3) is 0.300. The Bertz CT molecular complexity index is 1260. The third-order valence-electron chi connectivity index (χ3n) is 4.97. The van der Waals surface area contributed by atoms with Gasteiger partial charge >= 0.3 is 5.69 Å². The van der Waals surface area contributed by atoms with Gasteiger partial charge in [-0.05, 0) is 12.1 Å². The SMILES string of the molecule is CON(C)C(=O)CCn1cc2c(c1-c1cccc(C#N)c1)c(=O)n(C)c(=O)n2C. The summed E-state index contributed by atoms with van der Waals surface area (Å²) in [6, 6.07) is 8.96. The first-order valence-electron chi connectivity index (χ1n) is 8.90. The molecule has 0 bridgehead atoms. The summed E-state index contributed by atoms with van der Waals surface area (Å²) in [6.45, 7) is 0.269. The van der Waals surface area contributed by atoms with Gasteiger partial charge in [-0.25, -0.2) is 9.86 Å². The highest BCUT2D eigenvalue weighted by Crippen LogP contribution is 2.29. The molecule has 3 aromatic rings. The lowest BCUT2D eigenvalue weighted by atomic mass is 10.1. The first-order chi connectivity index (χ1) is 13.8. The molecule has 0 N–H and O–H groups in total. The predicted octanol–water partition coefficient (Wildman–Crippen LogP) is 0.987. The molecule has 0 radical (unpaired) electrons. The van der Waals surface area contributed by atoms with Crippen molar-refractivity contribution in [1.29, 1.82) is 5.26 Å². The molecule has 0 saturated carbocycles. The Morgan fingerprint density at radius 1 is 1.24 bits per heavy atom. The quantitative estimate of drug-likeness (QED) is 0.600. The number of carbonyl (C=O) groups excluding carboxylic acids is 1. The van der Waals surface area contributed by atoms with Crippen LogP contribution in [-0.4, -0.2) is 38.8 Å². The van der Waals surface area contributed by atoms with Gasteiger partial charge in [0, 0.05) is 45.9 Å². The van der Waals surface area contributed by atoms with Crippen LogP contribution >= 0.6 is 0 Å². The van der Waals surface area contributed by atoms with Crippen LogP contribution in [0.25, 0.3) is 22.2 Å². The molecule has 0 aliphatic heterocycles. The summed E-state index contributed by atoms with van der Waals surface area (Å²) in [6.07, 6.45) is 1.82. The zero-order valence-electron chi connectivity index (χ0n) is 16.7. The molecule has 0 atom stereocenters. The summed E-state index contributed by atoms with van der Waals surface area (Å²) in [5.41, 5.74) is 1.25. The van der Waals surface area contributed by atoms with Crippen molar-refractivity contribution in [2.75, 3.05) is 14.2 Å². The van der Waals surface area contributed by atoms with Crippen molar-refractivity contribution in [3.8, 4) is 17.3 Å². The maximum atomic E-state index is 12.9. The highest BCUT2D eigenvalue weighted by Gasteiger charge is 2.20. The van der Waals surface area contributed by atoms with Gasteiger partial charge in [-0.1, -0.05) is 12.1 Å². The number of nitriles is 1. The molecule has 150 valence electrons. The van der Waals surface area contributed by atoms with Crippen LogP contribution < -0.4 is 11.2 Å². The number of aryl methyl sites for hydroxylation is 2. The molecular formula is C20H21N5O4.